The van der Waals surface area contributed by atoms with Crippen LogP contribution >= 0.6 is 0 Å². The highest BCUT2D eigenvalue weighted by Crippen LogP contribution is 2.10. The normalized spacial score (nSPS) is 13.5. The van der Waals surface area contributed by atoms with Gasteiger partial charge in [0.1, 0.15) is 12.6 Å². The molecule has 23 heavy (non-hydrogen) atoms. The molecule has 4 N–H and O–H groups in total. The number of hydrogen-bond acceptors (Lipinski definition) is 5. The first-order chi connectivity index (χ1) is 10.9. The van der Waals surface area contributed by atoms with Crippen molar-refractivity contribution < 1.29 is 19.7 Å². The Morgan fingerprint density at radius 2 is 1.74 bits per heavy atom. The zero-order valence-electron chi connectivity index (χ0n) is 13.9. The van der Waals surface area contributed by atoms with Crippen LogP contribution < -0.4 is 16.0 Å². The maximum atomic E-state index is 12.1. The van der Waals surface area contributed by atoms with Crippen LogP contribution in [0, 0.1) is 5.92 Å². The molecular weight excluding hydrogens is 298 g/mol. The molecule has 0 saturated heterocycles. The van der Waals surface area contributed by atoms with E-state index in [4.69, 9.17) is 5.26 Å². The molecule has 0 heterocycles. The van der Waals surface area contributed by atoms with E-state index in [0.717, 1.165) is 5.56 Å². The maximum Gasteiger partial charge on any atom is 0.246 e. The number of carbonyl (C=O) groups is 2. The van der Waals surface area contributed by atoms with Gasteiger partial charge in [0.25, 0.3) is 0 Å². The summed E-state index contributed by atoms with van der Waals surface area (Å²) < 4.78 is 0. The Morgan fingerprint density at radius 3 is 2.22 bits per heavy atom. The summed E-state index contributed by atoms with van der Waals surface area (Å²) in [6.07, 6.45) is 0. The van der Waals surface area contributed by atoms with Crippen molar-refractivity contribution in [2.45, 2.75) is 39.5 Å². The minimum atomic E-state index is -0.655. The summed E-state index contributed by atoms with van der Waals surface area (Å²) in [7, 11) is 1.71. The lowest BCUT2D eigenvalue weighted by molar-refractivity contribution is -0.253. The first-order valence-electron chi connectivity index (χ1n) is 7.52. The van der Waals surface area contributed by atoms with E-state index >= 15 is 0 Å². The molecule has 0 aromatic heterocycles. The van der Waals surface area contributed by atoms with Crippen molar-refractivity contribution in [3.8, 4) is 0 Å². The second-order valence-electron chi connectivity index (χ2n) is 5.70. The van der Waals surface area contributed by atoms with Gasteiger partial charge in [-0.15, -0.1) is 0 Å². The zero-order valence-corrected chi connectivity index (χ0v) is 13.9. The van der Waals surface area contributed by atoms with E-state index in [1.54, 1.807) is 38.2 Å². The van der Waals surface area contributed by atoms with E-state index in [9.17, 15) is 9.59 Å². The van der Waals surface area contributed by atoms with Crippen LogP contribution in [0.4, 0.5) is 5.69 Å². The molecular formula is C16H25N3O4. The minimum absolute atomic E-state index is 0.0846. The molecule has 7 nitrogen and oxygen atoms in total. The third-order valence-electron chi connectivity index (χ3n) is 3.46. The van der Waals surface area contributed by atoms with Gasteiger partial charge in [-0.2, -0.15) is 0 Å². The molecule has 0 spiro atoms. The fraction of sp³-hybridized carbons (Fsp3) is 0.500. The van der Waals surface area contributed by atoms with Gasteiger partial charge < -0.3 is 16.0 Å². The van der Waals surface area contributed by atoms with E-state index in [-0.39, 0.29) is 30.4 Å². The van der Waals surface area contributed by atoms with Gasteiger partial charge in [-0.1, -0.05) is 26.0 Å². The lowest BCUT2D eigenvalue weighted by Gasteiger charge is -2.22. The summed E-state index contributed by atoms with van der Waals surface area (Å²) in [5.74, 6) is -0.389. The molecule has 1 rings (SSSR count). The molecule has 128 valence electrons. The van der Waals surface area contributed by atoms with Crippen LogP contribution in [-0.2, 0) is 21.1 Å². The molecule has 2 atom stereocenters. The van der Waals surface area contributed by atoms with E-state index in [0.29, 0.717) is 5.69 Å². The molecule has 2 amide bonds. The van der Waals surface area contributed by atoms with Crippen molar-refractivity contribution in [1.29, 1.82) is 0 Å². The number of likely N-dealkylation sites (N-methyl/N-ethyl adjacent to an activating group) is 1. The lowest BCUT2D eigenvalue weighted by atomic mass is 10.0. The van der Waals surface area contributed by atoms with Crippen molar-refractivity contribution in [1.82, 2.24) is 10.6 Å². The van der Waals surface area contributed by atoms with Crippen LogP contribution in [0.15, 0.2) is 24.3 Å². The number of rotatable bonds is 8. The molecule has 0 fully saturated rings. The highest BCUT2D eigenvalue weighted by Gasteiger charge is 2.23. The highest BCUT2D eigenvalue weighted by atomic mass is 17.1. The first kappa shape index (κ1) is 19.1. The van der Waals surface area contributed by atoms with Crippen molar-refractivity contribution in [3.63, 3.8) is 0 Å². The van der Waals surface area contributed by atoms with Crippen molar-refractivity contribution >= 4 is 17.5 Å². The van der Waals surface area contributed by atoms with Crippen LogP contribution in [0.25, 0.3) is 0 Å². The Labute approximate surface area is 136 Å². The van der Waals surface area contributed by atoms with Crippen LogP contribution in [0.1, 0.15) is 26.3 Å². The number of carbonyl (C=O) groups excluding carboxylic acids is 2. The second-order valence-corrected chi connectivity index (χ2v) is 5.70. The number of anilines is 1. The SMILES string of the molecule is CNC(C(=O)N[C@@H](C)C(=O)Nc1ccc(COO)cc1)C(C)C. The van der Waals surface area contributed by atoms with Gasteiger partial charge in [0, 0.05) is 5.69 Å². The van der Waals surface area contributed by atoms with Gasteiger partial charge in [-0.05, 0) is 37.6 Å². The molecule has 1 aromatic carbocycles. The maximum absolute atomic E-state index is 12.1. The quantitative estimate of drug-likeness (QED) is 0.428. The Kier molecular flexibility index (Phi) is 7.67. The molecule has 7 heteroatoms. The van der Waals surface area contributed by atoms with Crippen molar-refractivity contribution in [2.75, 3.05) is 12.4 Å². The monoisotopic (exact) mass is 323 g/mol. The van der Waals surface area contributed by atoms with Crippen LogP contribution in [0.5, 0.6) is 0 Å². The van der Waals surface area contributed by atoms with E-state index in [1.807, 2.05) is 13.8 Å². The van der Waals surface area contributed by atoms with Gasteiger partial charge in [0.15, 0.2) is 0 Å². The number of nitrogens with one attached hydrogen (secondary N) is 3. The Hall–Kier alpha value is -1.96. The highest BCUT2D eigenvalue weighted by molar-refractivity contribution is 5.97. The van der Waals surface area contributed by atoms with Gasteiger partial charge in [0.05, 0.1) is 6.04 Å². The molecule has 0 aliphatic rings. The van der Waals surface area contributed by atoms with Gasteiger partial charge >= 0.3 is 0 Å². The number of benzene rings is 1. The Bertz CT molecular complexity index is 517. The van der Waals surface area contributed by atoms with E-state index in [2.05, 4.69) is 20.8 Å². The van der Waals surface area contributed by atoms with E-state index < -0.39 is 6.04 Å². The smallest absolute Gasteiger partial charge is 0.246 e. The summed E-state index contributed by atoms with van der Waals surface area (Å²) in [4.78, 5) is 28.3. The average molecular weight is 323 g/mol. The summed E-state index contributed by atoms with van der Waals surface area (Å²) in [6, 6.07) is 5.85. The molecule has 1 aromatic rings. The fourth-order valence-corrected chi connectivity index (χ4v) is 2.15. The topological polar surface area (TPSA) is 99.7 Å². The van der Waals surface area contributed by atoms with Gasteiger partial charge in [0.2, 0.25) is 11.8 Å². The number of hydrogen-bond donors (Lipinski definition) is 4. The Balaban J connectivity index is 2.58. The standard InChI is InChI=1S/C16H25N3O4/c1-10(2)14(17-4)16(21)18-11(3)15(20)19-13-7-5-12(6-8-13)9-23-22/h5-8,10-11,14,17,22H,9H2,1-4H3,(H,18,21)(H,19,20)/t11-,14?/m0/s1. The third kappa shape index (κ3) is 5.97. The van der Waals surface area contributed by atoms with Crippen LogP contribution in [0.2, 0.25) is 0 Å². The minimum Gasteiger partial charge on any atom is -0.343 e. The number of amides is 2. The van der Waals surface area contributed by atoms with Crippen molar-refractivity contribution in [2.24, 2.45) is 5.92 Å². The van der Waals surface area contributed by atoms with E-state index in [1.165, 1.54) is 0 Å². The largest absolute Gasteiger partial charge is 0.343 e. The molecule has 0 bridgehead atoms. The molecule has 0 radical (unpaired) electrons. The Morgan fingerprint density at radius 1 is 1.13 bits per heavy atom. The molecule has 0 aliphatic heterocycles. The second kappa shape index (κ2) is 9.24. The van der Waals surface area contributed by atoms with Crippen molar-refractivity contribution in [3.05, 3.63) is 29.8 Å². The molecule has 1 unspecified atom stereocenters. The predicted molar refractivity (Wildman–Crippen MR) is 87.8 cm³/mol. The molecule has 0 saturated carbocycles. The average Bonchev–Trinajstić information content (AvgIpc) is 2.49. The fourth-order valence-electron chi connectivity index (χ4n) is 2.15. The lowest BCUT2D eigenvalue weighted by Crippen LogP contribution is -2.51. The van der Waals surface area contributed by atoms with Gasteiger partial charge in [-0.25, -0.2) is 4.89 Å². The molecule has 0 aliphatic carbocycles. The summed E-state index contributed by atoms with van der Waals surface area (Å²) in [6.45, 7) is 5.59. The summed E-state index contributed by atoms with van der Waals surface area (Å²) in [5.41, 5.74) is 1.38. The summed E-state index contributed by atoms with van der Waals surface area (Å²) in [5, 5.41) is 16.7. The van der Waals surface area contributed by atoms with Crippen LogP contribution in [0.3, 0.4) is 0 Å². The van der Waals surface area contributed by atoms with Crippen LogP contribution in [-0.4, -0.2) is 36.2 Å². The first-order valence-corrected chi connectivity index (χ1v) is 7.52. The predicted octanol–water partition coefficient (Wildman–Crippen LogP) is 1.36. The zero-order chi connectivity index (χ0) is 17.4. The third-order valence-corrected chi connectivity index (χ3v) is 3.46. The van der Waals surface area contributed by atoms with Gasteiger partial charge in [-0.3, -0.25) is 14.8 Å². The summed E-state index contributed by atoms with van der Waals surface area (Å²) >= 11 is 0.